The quantitative estimate of drug-likeness (QED) is 0.296. The van der Waals surface area contributed by atoms with E-state index in [4.69, 9.17) is 4.74 Å². The number of esters is 1. The van der Waals surface area contributed by atoms with E-state index >= 15 is 0 Å². The van der Waals surface area contributed by atoms with Gasteiger partial charge in [0.15, 0.2) is 0 Å². The Morgan fingerprint density at radius 1 is 1.12 bits per heavy atom. The molecule has 0 aromatic heterocycles. The van der Waals surface area contributed by atoms with Gasteiger partial charge in [-0.2, -0.15) is 0 Å². The molecule has 0 aliphatic heterocycles. The molecule has 0 aliphatic rings. The van der Waals surface area contributed by atoms with Crippen LogP contribution in [0.1, 0.15) is 34.6 Å². The zero-order valence-electron chi connectivity index (χ0n) is 11.8. The minimum absolute atomic E-state index is 0.264. The molecule has 98 valence electrons. The minimum Gasteiger partial charge on any atom is -0.458 e. The summed E-state index contributed by atoms with van der Waals surface area (Å²) in [6, 6.07) is 0. The molecule has 0 atom stereocenters. The van der Waals surface area contributed by atoms with Crippen LogP contribution in [0, 0.1) is 0 Å². The van der Waals surface area contributed by atoms with Crippen molar-refractivity contribution in [2.24, 2.45) is 0 Å². The maximum Gasteiger partial charge on any atom is 0.336 e. The lowest BCUT2D eigenvalue weighted by molar-refractivity contribution is -0.874. The molecule has 3 nitrogen and oxygen atoms in total. The molecule has 0 aromatic carbocycles. The molecular formula is C14H26NO2+. The number of quaternary nitrogens is 1. The molecule has 17 heavy (non-hydrogen) atoms. The average Bonchev–Trinajstić information content (AvgIpc) is 2.31. The smallest absolute Gasteiger partial charge is 0.336 e. The fourth-order valence-electron chi connectivity index (χ4n) is 1.54. The molecule has 3 heteroatoms. The van der Waals surface area contributed by atoms with Crippen LogP contribution in [0.4, 0.5) is 0 Å². The van der Waals surface area contributed by atoms with Crippen LogP contribution in [0.3, 0.4) is 0 Å². The lowest BCUT2D eigenvalue weighted by Crippen LogP contribution is -2.42. The van der Waals surface area contributed by atoms with E-state index in [0.29, 0.717) is 6.61 Å². The number of hydrogen-bond donors (Lipinski definition) is 0. The van der Waals surface area contributed by atoms with Crippen LogP contribution in [0.25, 0.3) is 0 Å². The van der Waals surface area contributed by atoms with Gasteiger partial charge in [0.05, 0.1) is 25.7 Å². The Hall–Kier alpha value is -1.09. The Morgan fingerprint density at radius 2 is 1.65 bits per heavy atom. The first-order valence-electron chi connectivity index (χ1n) is 6.34. The fraction of sp³-hybridized carbons (Fsp3) is 0.643. The van der Waals surface area contributed by atoms with Gasteiger partial charge in [0.1, 0.15) is 12.8 Å². The Morgan fingerprint density at radius 3 is 2.06 bits per heavy atom. The summed E-state index contributed by atoms with van der Waals surface area (Å²) in [5, 5.41) is 0. The molecule has 0 N–H and O–H groups in total. The molecule has 0 rings (SSSR count). The van der Waals surface area contributed by atoms with Gasteiger partial charge >= 0.3 is 5.97 Å². The second-order valence-electron chi connectivity index (χ2n) is 4.39. The number of nitrogens with zero attached hydrogens (tertiary/aromatic N) is 1. The largest absolute Gasteiger partial charge is 0.458 e. The number of carbonyl (C=O) groups is 1. The standard InChI is InChI=1S/C14H26NO2/c1-6-15(7-2,8-3)11-9-14(16)17-12-10-13(4)5/h9-11H,6-8,12H2,1-5H3/q+1/b11-9+. The number of allylic oxidation sites excluding steroid dienone is 1. The van der Waals surface area contributed by atoms with Gasteiger partial charge in [0.25, 0.3) is 0 Å². The van der Waals surface area contributed by atoms with Crippen molar-refractivity contribution in [1.29, 1.82) is 0 Å². The summed E-state index contributed by atoms with van der Waals surface area (Å²) in [6.45, 7) is 13.7. The Balaban J connectivity index is 4.30. The third kappa shape index (κ3) is 6.27. The van der Waals surface area contributed by atoms with Crippen molar-refractivity contribution in [3.05, 3.63) is 23.9 Å². The van der Waals surface area contributed by atoms with E-state index in [-0.39, 0.29) is 5.97 Å². The van der Waals surface area contributed by atoms with Crippen molar-refractivity contribution in [1.82, 2.24) is 0 Å². The van der Waals surface area contributed by atoms with Crippen LogP contribution in [0.5, 0.6) is 0 Å². The van der Waals surface area contributed by atoms with Crippen LogP contribution in [0.2, 0.25) is 0 Å². The highest BCUT2D eigenvalue weighted by Gasteiger charge is 2.17. The predicted molar refractivity (Wildman–Crippen MR) is 71.4 cm³/mol. The molecule has 0 saturated heterocycles. The summed E-state index contributed by atoms with van der Waals surface area (Å²) < 4.78 is 5.89. The fourth-order valence-corrected chi connectivity index (χ4v) is 1.54. The van der Waals surface area contributed by atoms with E-state index in [1.807, 2.05) is 26.1 Å². The van der Waals surface area contributed by atoms with E-state index in [0.717, 1.165) is 29.7 Å². The second-order valence-corrected chi connectivity index (χ2v) is 4.39. The molecule has 0 fully saturated rings. The van der Waals surface area contributed by atoms with Crippen molar-refractivity contribution in [2.75, 3.05) is 26.2 Å². The van der Waals surface area contributed by atoms with Crippen molar-refractivity contribution in [2.45, 2.75) is 34.6 Å². The highest BCUT2D eigenvalue weighted by molar-refractivity contribution is 5.81. The molecular weight excluding hydrogens is 214 g/mol. The van der Waals surface area contributed by atoms with E-state index in [2.05, 4.69) is 20.8 Å². The molecule has 0 bridgehead atoms. The van der Waals surface area contributed by atoms with Gasteiger partial charge in [0, 0.05) is 0 Å². The third-order valence-electron chi connectivity index (χ3n) is 3.13. The summed E-state index contributed by atoms with van der Waals surface area (Å²) in [5.74, 6) is -0.264. The Bertz CT molecular complexity index is 276. The lowest BCUT2D eigenvalue weighted by Gasteiger charge is -2.31. The van der Waals surface area contributed by atoms with E-state index in [1.165, 1.54) is 0 Å². The summed E-state index contributed by atoms with van der Waals surface area (Å²) in [7, 11) is 0. The average molecular weight is 240 g/mol. The van der Waals surface area contributed by atoms with Gasteiger partial charge < -0.3 is 4.74 Å². The molecule has 0 aromatic rings. The molecule has 0 heterocycles. The molecule has 0 amide bonds. The highest BCUT2D eigenvalue weighted by Crippen LogP contribution is 2.07. The monoisotopic (exact) mass is 240 g/mol. The normalized spacial score (nSPS) is 11.6. The molecule has 0 unspecified atom stereocenters. The van der Waals surface area contributed by atoms with E-state index in [9.17, 15) is 4.79 Å². The van der Waals surface area contributed by atoms with E-state index in [1.54, 1.807) is 6.08 Å². The Kier molecular flexibility index (Phi) is 7.55. The first-order valence-corrected chi connectivity index (χ1v) is 6.34. The summed E-state index contributed by atoms with van der Waals surface area (Å²) in [4.78, 5) is 11.5. The highest BCUT2D eigenvalue weighted by atomic mass is 16.5. The summed E-state index contributed by atoms with van der Waals surface area (Å²) >= 11 is 0. The molecule has 0 spiro atoms. The van der Waals surface area contributed by atoms with Crippen molar-refractivity contribution in [3.8, 4) is 0 Å². The maximum absolute atomic E-state index is 11.5. The second kappa shape index (κ2) is 8.07. The van der Waals surface area contributed by atoms with Crippen LogP contribution in [-0.4, -0.2) is 36.7 Å². The van der Waals surface area contributed by atoms with Crippen LogP contribution in [0.15, 0.2) is 23.9 Å². The number of hydrogen-bond acceptors (Lipinski definition) is 2. The zero-order valence-corrected chi connectivity index (χ0v) is 11.8. The first-order chi connectivity index (χ1) is 7.99. The van der Waals surface area contributed by atoms with E-state index < -0.39 is 0 Å². The number of carbonyl (C=O) groups excluding carboxylic acids is 1. The van der Waals surface area contributed by atoms with Gasteiger partial charge in [-0.25, -0.2) is 4.79 Å². The van der Waals surface area contributed by atoms with Gasteiger partial charge in [-0.1, -0.05) is 5.57 Å². The molecule has 0 saturated carbocycles. The molecule has 0 aliphatic carbocycles. The molecule has 0 radical (unpaired) electrons. The SMILES string of the molecule is CC[N+](/C=C/C(=O)OCC=C(C)C)(CC)CC. The number of ether oxygens (including phenoxy) is 1. The van der Waals surface area contributed by atoms with Crippen molar-refractivity contribution < 1.29 is 14.0 Å². The van der Waals surface area contributed by atoms with Gasteiger partial charge in [0.2, 0.25) is 0 Å². The predicted octanol–water partition coefficient (Wildman–Crippen LogP) is 2.89. The van der Waals surface area contributed by atoms with Crippen molar-refractivity contribution >= 4 is 5.97 Å². The number of rotatable bonds is 7. The maximum atomic E-state index is 11.5. The van der Waals surface area contributed by atoms with Crippen LogP contribution >= 0.6 is 0 Å². The van der Waals surface area contributed by atoms with Gasteiger partial charge in [-0.15, -0.1) is 0 Å². The van der Waals surface area contributed by atoms with Crippen LogP contribution in [-0.2, 0) is 9.53 Å². The topological polar surface area (TPSA) is 26.3 Å². The van der Waals surface area contributed by atoms with Crippen LogP contribution < -0.4 is 0 Å². The Labute approximate surface area is 105 Å². The third-order valence-corrected chi connectivity index (χ3v) is 3.13. The van der Waals surface area contributed by atoms with Gasteiger partial charge in [-0.05, 0) is 40.7 Å². The first kappa shape index (κ1) is 15.9. The summed E-state index contributed by atoms with van der Waals surface area (Å²) in [6.07, 6.45) is 5.40. The summed E-state index contributed by atoms with van der Waals surface area (Å²) in [5.41, 5.74) is 1.16. The zero-order chi connectivity index (χ0) is 13.3. The van der Waals surface area contributed by atoms with Crippen molar-refractivity contribution in [3.63, 3.8) is 0 Å². The minimum atomic E-state index is -0.264. The lowest BCUT2D eigenvalue weighted by atomic mass is 10.3. The van der Waals surface area contributed by atoms with Gasteiger partial charge in [-0.3, -0.25) is 4.48 Å².